The Morgan fingerprint density at radius 2 is 2.00 bits per heavy atom. The van der Waals surface area contributed by atoms with Crippen molar-refractivity contribution >= 4 is 21.4 Å². The van der Waals surface area contributed by atoms with Gasteiger partial charge in [0.25, 0.3) is 11.6 Å². The molecule has 7 nitrogen and oxygen atoms in total. The lowest BCUT2D eigenvalue weighted by atomic mass is 10.1. The van der Waals surface area contributed by atoms with Gasteiger partial charge in [-0.05, 0) is 19.9 Å². The fourth-order valence-electron chi connectivity index (χ4n) is 1.32. The average molecular weight is 318 g/mol. The van der Waals surface area contributed by atoms with Crippen LogP contribution in [0.25, 0.3) is 0 Å². The van der Waals surface area contributed by atoms with Gasteiger partial charge in [-0.2, -0.15) is 0 Å². The molecule has 0 aliphatic rings. The van der Waals surface area contributed by atoms with E-state index in [0.29, 0.717) is 0 Å². The summed E-state index contributed by atoms with van der Waals surface area (Å²) in [6, 6.07) is 2.55. The van der Waals surface area contributed by atoms with Gasteiger partial charge in [0.2, 0.25) is 0 Å². The molecular formula is C12H15FN2O5S. The van der Waals surface area contributed by atoms with Crippen LogP contribution < -0.4 is 5.32 Å². The fraction of sp³-hybridized carbons (Fsp3) is 0.417. The van der Waals surface area contributed by atoms with Gasteiger partial charge < -0.3 is 5.32 Å². The second-order valence-electron chi connectivity index (χ2n) is 5.14. The Kier molecular flexibility index (Phi) is 4.67. The average Bonchev–Trinajstić information content (AvgIpc) is 2.35. The van der Waals surface area contributed by atoms with Crippen LogP contribution in [0, 0.1) is 15.9 Å². The zero-order valence-electron chi connectivity index (χ0n) is 11.7. The van der Waals surface area contributed by atoms with Crippen molar-refractivity contribution in [1.29, 1.82) is 0 Å². The van der Waals surface area contributed by atoms with Crippen LogP contribution in [0.1, 0.15) is 24.2 Å². The van der Waals surface area contributed by atoms with Crippen molar-refractivity contribution in [1.82, 2.24) is 5.32 Å². The largest absolute Gasteiger partial charge is 0.350 e. The molecular weight excluding hydrogens is 303 g/mol. The number of benzene rings is 1. The minimum absolute atomic E-state index is 0.243. The number of amides is 1. The number of non-ortho nitro benzene ring substituents is 1. The Labute approximate surface area is 121 Å². The lowest BCUT2D eigenvalue weighted by molar-refractivity contribution is -0.384. The van der Waals surface area contributed by atoms with E-state index in [4.69, 9.17) is 0 Å². The Bertz CT molecular complexity index is 685. The topological polar surface area (TPSA) is 106 Å². The number of nitro benzene ring substituents is 1. The molecule has 1 amide bonds. The number of sulfone groups is 1. The van der Waals surface area contributed by atoms with Crippen LogP contribution in [0.15, 0.2) is 18.2 Å². The first-order valence-corrected chi connectivity index (χ1v) is 7.76. The number of nitrogens with one attached hydrogen (secondary N) is 1. The maximum Gasteiger partial charge on any atom is 0.270 e. The van der Waals surface area contributed by atoms with Crippen molar-refractivity contribution in [3.05, 3.63) is 39.7 Å². The van der Waals surface area contributed by atoms with E-state index in [2.05, 4.69) is 5.32 Å². The molecule has 0 radical (unpaired) electrons. The Hall–Kier alpha value is -2.03. The molecule has 116 valence electrons. The molecule has 0 saturated carbocycles. The third kappa shape index (κ3) is 3.97. The smallest absolute Gasteiger partial charge is 0.270 e. The summed E-state index contributed by atoms with van der Waals surface area (Å²) in [6.07, 6.45) is 1.02. The first kappa shape index (κ1) is 17.0. The van der Waals surface area contributed by atoms with Crippen LogP contribution in [-0.2, 0) is 9.84 Å². The summed E-state index contributed by atoms with van der Waals surface area (Å²) < 4.78 is 35.3. The number of hydrogen-bond acceptors (Lipinski definition) is 5. The third-order valence-corrected chi connectivity index (χ3v) is 5.24. The van der Waals surface area contributed by atoms with Gasteiger partial charge in [0.1, 0.15) is 5.82 Å². The van der Waals surface area contributed by atoms with E-state index in [9.17, 15) is 27.7 Å². The summed E-state index contributed by atoms with van der Waals surface area (Å²) >= 11 is 0. The summed E-state index contributed by atoms with van der Waals surface area (Å²) in [6.45, 7) is 2.58. The van der Waals surface area contributed by atoms with Gasteiger partial charge in [-0.3, -0.25) is 14.9 Å². The summed E-state index contributed by atoms with van der Waals surface area (Å²) in [5.74, 6) is -1.83. The molecule has 0 bridgehead atoms. The third-order valence-electron chi connectivity index (χ3n) is 3.08. The maximum absolute atomic E-state index is 13.5. The number of carbonyl (C=O) groups excluding carboxylic acids is 1. The predicted molar refractivity (Wildman–Crippen MR) is 74.3 cm³/mol. The van der Waals surface area contributed by atoms with E-state index < -0.39 is 42.5 Å². The van der Waals surface area contributed by atoms with Gasteiger partial charge in [0, 0.05) is 24.9 Å². The zero-order valence-corrected chi connectivity index (χ0v) is 12.5. The summed E-state index contributed by atoms with van der Waals surface area (Å²) in [5.41, 5.74) is -0.933. The normalized spacial score (nSPS) is 12.0. The first-order chi connectivity index (χ1) is 9.45. The van der Waals surface area contributed by atoms with E-state index in [1.165, 1.54) is 13.8 Å². The fourth-order valence-corrected chi connectivity index (χ4v) is 1.65. The number of nitro groups is 1. The predicted octanol–water partition coefficient (Wildman–Crippen LogP) is 1.29. The number of halogens is 1. The molecule has 1 N–H and O–H groups in total. The number of hydrogen-bond donors (Lipinski definition) is 1. The minimum atomic E-state index is -3.43. The Balaban J connectivity index is 2.96. The van der Waals surface area contributed by atoms with Gasteiger partial charge in [-0.15, -0.1) is 0 Å². The highest BCUT2D eigenvalue weighted by molar-refractivity contribution is 7.92. The minimum Gasteiger partial charge on any atom is -0.350 e. The molecule has 0 aliphatic carbocycles. The van der Waals surface area contributed by atoms with Crippen molar-refractivity contribution in [2.24, 2.45) is 0 Å². The highest BCUT2D eigenvalue weighted by atomic mass is 32.2. The van der Waals surface area contributed by atoms with E-state index in [1.54, 1.807) is 0 Å². The number of nitrogens with zero attached hydrogens (tertiary/aromatic N) is 1. The second-order valence-corrected chi connectivity index (χ2v) is 7.79. The van der Waals surface area contributed by atoms with Crippen molar-refractivity contribution < 1.29 is 22.5 Å². The van der Waals surface area contributed by atoms with Crippen LogP contribution in [0.2, 0.25) is 0 Å². The van der Waals surface area contributed by atoms with E-state index in [-0.39, 0.29) is 6.54 Å². The van der Waals surface area contributed by atoms with Gasteiger partial charge in [-0.25, -0.2) is 12.8 Å². The van der Waals surface area contributed by atoms with E-state index in [1.807, 2.05) is 0 Å². The molecule has 0 saturated heterocycles. The quantitative estimate of drug-likeness (QED) is 0.650. The van der Waals surface area contributed by atoms with Gasteiger partial charge >= 0.3 is 0 Å². The van der Waals surface area contributed by atoms with Crippen LogP contribution in [0.4, 0.5) is 10.1 Å². The van der Waals surface area contributed by atoms with E-state index in [0.717, 1.165) is 24.5 Å². The molecule has 0 atom stereocenters. The molecule has 0 aliphatic heterocycles. The number of rotatable bonds is 5. The van der Waals surface area contributed by atoms with Gasteiger partial charge in [0.15, 0.2) is 9.84 Å². The molecule has 0 aromatic heterocycles. The van der Waals surface area contributed by atoms with Gasteiger partial charge in [0.05, 0.1) is 15.2 Å². The molecule has 0 spiro atoms. The van der Waals surface area contributed by atoms with Crippen LogP contribution in [0.5, 0.6) is 0 Å². The molecule has 1 rings (SSSR count). The first-order valence-electron chi connectivity index (χ1n) is 5.87. The zero-order chi connectivity index (χ0) is 16.4. The van der Waals surface area contributed by atoms with Crippen molar-refractivity contribution in [2.75, 3.05) is 12.8 Å². The monoisotopic (exact) mass is 318 g/mol. The van der Waals surface area contributed by atoms with Gasteiger partial charge in [-0.1, -0.05) is 0 Å². The van der Waals surface area contributed by atoms with E-state index >= 15 is 0 Å². The number of carbonyl (C=O) groups is 1. The maximum atomic E-state index is 13.5. The highest BCUT2D eigenvalue weighted by Gasteiger charge is 2.31. The molecule has 1 aromatic rings. The second kappa shape index (κ2) is 5.76. The molecule has 0 unspecified atom stereocenters. The van der Waals surface area contributed by atoms with Crippen molar-refractivity contribution in [3.63, 3.8) is 0 Å². The van der Waals surface area contributed by atoms with Crippen molar-refractivity contribution in [2.45, 2.75) is 18.6 Å². The van der Waals surface area contributed by atoms with Crippen molar-refractivity contribution in [3.8, 4) is 0 Å². The lowest BCUT2D eigenvalue weighted by Gasteiger charge is -2.22. The highest BCUT2D eigenvalue weighted by Crippen LogP contribution is 2.18. The van der Waals surface area contributed by atoms with Crippen LogP contribution >= 0.6 is 0 Å². The Morgan fingerprint density at radius 1 is 1.43 bits per heavy atom. The summed E-state index contributed by atoms with van der Waals surface area (Å²) in [5, 5.41) is 12.9. The Morgan fingerprint density at radius 3 is 2.48 bits per heavy atom. The molecule has 21 heavy (non-hydrogen) atoms. The SMILES string of the molecule is CC(C)(CNC(=O)c1cc([N+](=O)[O-])ccc1F)S(C)(=O)=O. The van der Waals surface area contributed by atoms with Crippen LogP contribution in [-0.4, -0.2) is 36.8 Å². The molecule has 1 aromatic carbocycles. The van der Waals surface area contributed by atoms with Crippen LogP contribution in [0.3, 0.4) is 0 Å². The summed E-state index contributed by atoms with van der Waals surface area (Å²) in [4.78, 5) is 21.7. The molecule has 0 heterocycles. The summed E-state index contributed by atoms with van der Waals surface area (Å²) in [7, 11) is -3.43. The lowest BCUT2D eigenvalue weighted by Crippen LogP contribution is -2.43. The molecule has 9 heteroatoms. The standard InChI is InChI=1S/C12H15FN2O5S/c1-12(2,21(3,19)20)7-14-11(16)9-6-8(15(17)18)4-5-10(9)13/h4-6H,7H2,1-3H3,(H,14,16). The molecule has 0 fully saturated rings.